The minimum absolute atomic E-state index is 0.0911. The highest BCUT2D eigenvalue weighted by atomic mass is 16.5. The molecule has 2 aliphatic heterocycles. The highest BCUT2D eigenvalue weighted by Crippen LogP contribution is 2.34. The number of amides is 2. The van der Waals surface area contributed by atoms with Crippen LogP contribution in [-0.4, -0.2) is 65.3 Å². The van der Waals surface area contributed by atoms with Crippen molar-refractivity contribution in [2.45, 2.75) is 39.3 Å². The fourth-order valence-corrected chi connectivity index (χ4v) is 4.84. The van der Waals surface area contributed by atoms with Crippen LogP contribution in [0.5, 0.6) is 5.75 Å². The Morgan fingerprint density at radius 2 is 1.91 bits per heavy atom. The Labute approximate surface area is 188 Å². The van der Waals surface area contributed by atoms with Gasteiger partial charge in [0.25, 0.3) is 0 Å². The van der Waals surface area contributed by atoms with Crippen LogP contribution in [0.25, 0.3) is 22.2 Å². The van der Waals surface area contributed by atoms with Crippen LogP contribution in [0.3, 0.4) is 0 Å². The molecule has 2 amide bonds. The number of hydrogen-bond acceptors (Lipinski definition) is 4. The lowest BCUT2D eigenvalue weighted by molar-refractivity contribution is 0.0438. The second-order valence-electron chi connectivity index (χ2n) is 8.81. The third-order valence-electron chi connectivity index (χ3n) is 6.57. The summed E-state index contributed by atoms with van der Waals surface area (Å²) in [6, 6.07) is 10.7. The van der Waals surface area contributed by atoms with Crippen molar-refractivity contribution < 1.29 is 14.3 Å². The zero-order valence-corrected chi connectivity index (χ0v) is 19.0. The number of fused-ring (bicyclic) bond motifs is 2. The van der Waals surface area contributed by atoms with Crippen LogP contribution in [0.4, 0.5) is 4.79 Å². The summed E-state index contributed by atoms with van der Waals surface area (Å²) in [5.41, 5.74) is 6.38. The zero-order valence-electron chi connectivity index (χ0n) is 19.0. The highest BCUT2D eigenvalue weighted by molar-refractivity contribution is 5.82. The Morgan fingerprint density at radius 3 is 2.69 bits per heavy atom. The smallest absolute Gasteiger partial charge is 0.320 e. The quantitative estimate of drug-likeness (QED) is 0.654. The minimum Gasteiger partial charge on any atom is -0.491 e. The van der Waals surface area contributed by atoms with Gasteiger partial charge < -0.3 is 24.3 Å². The number of carbonyl (C=O) groups is 1. The largest absolute Gasteiger partial charge is 0.491 e. The van der Waals surface area contributed by atoms with E-state index in [2.05, 4.69) is 41.2 Å². The van der Waals surface area contributed by atoms with Crippen molar-refractivity contribution in [3.63, 3.8) is 0 Å². The number of methoxy groups -OCH3 is 1. The van der Waals surface area contributed by atoms with E-state index < -0.39 is 0 Å². The van der Waals surface area contributed by atoms with Crippen LogP contribution in [0.15, 0.2) is 30.3 Å². The number of aryl methyl sites for hydroxylation is 2. The first-order valence-corrected chi connectivity index (χ1v) is 11.3. The van der Waals surface area contributed by atoms with Crippen molar-refractivity contribution in [3.05, 3.63) is 47.3 Å². The topological polar surface area (TPSA) is 70.7 Å². The van der Waals surface area contributed by atoms with Gasteiger partial charge in [-0.1, -0.05) is 6.07 Å². The van der Waals surface area contributed by atoms with E-state index in [1.807, 2.05) is 22.8 Å². The Hall–Kier alpha value is -3.06. The Balaban J connectivity index is 1.41. The van der Waals surface area contributed by atoms with Gasteiger partial charge in [0.2, 0.25) is 0 Å². The number of aromatic nitrogens is 2. The van der Waals surface area contributed by atoms with E-state index in [-0.39, 0.29) is 12.1 Å². The molecule has 2 aliphatic rings. The molecule has 0 atom stereocenters. The molecule has 1 fully saturated rings. The second kappa shape index (κ2) is 8.47. The standard InChI is InChI=1S/C25H30N4O3/c1-16-12-19(18-4-5-22-23(14-18)27-17(2)26-22)13-20-15-29(10-11-32-24(16)20)25(30)28-8-6-21(31-3)7-9-28/h4-5,12-14,21H,6-11,15H2,1-3H3,(H,26,27). The molecule has 0 unspecified atom stereocenters. The lowest BCUT2D eigenvalue weighted by atomic mass is 9.98. The Morgan fingerprint density at radius 1 is 1.09 bits per heavy atom. The van der Waals surface area contributed by atoms with Crippen molar-refractivity contribution in [2.75, 3.05) is 33.4 Å². The van der Waals surface area contributed by atoms with Crippen LogP contribution in [-0.2, 0) is 11.3 Å². The number of nitrogens with zero attached hydrogens (tertiary/aromatic N) is 3. The highest BCUT2D eigenvalue weighted by Gasteiger charge is 2.28. The number of ether oxygens (including phenoxy) is 2. The molecule has 1 aromatic heterocycles. The van der Waals surface area contributed by atoms with Gasteiger partial charge in [-0.3, -0.25) is 0 Å². The maximum Gasteiger partial charge on any atom is 0.320 e. The van der Waals surface area contributed by atoms with E-state index in [4.69, 9.17) is 9.47 Å². The van der Waals surface area contributed by atoms with E-state index >= 15 is 0 Å². The average molecular weight is 435 g/mol. The van der Waals surface area contributed by atoms with E-state index in [0.717, 1.165) is 70.8 Å². The first kappa shape index (κ1) is 20.8. The summed E-state index contributed by atoms with van der Waals surface area (Å²) in [6.07, 6.45) is 2.04. The molecule has 2 aromatic carbocycles. The molecule has 1 saturated heterocycles. The summed E-state index contributed by atoms with van der Waals surface area (Å²) in [7, 11) is 1.75. The van der Waals surface area contributed by atoms with Gasteiger partial charge in [-0.2, -0.15) is 0 Å². The number of H-pyrrole nitrogens is 1. The van der Waals surface area contributed by atoms with Crippen molar-refractivity contribution in [1.29, 1.82) is 0 Å². The normalized spacial score (nSPS) is 17.2. The Bertz CT molecular complexity index is 1150. The predicted molar refractivity (Wildman–Crippen MR) is 124 cm³/mol. The van der Waals surface area contributed by atoms with E-state index in [0.29, 0.717) is 19.7 Å². The molecule has 32 heavy (non-hydrogen) atoms. The summed E-state index contributed by atoms with van der Waals surface area (Å²) in [5.74, 6) is 1.81. The average Bonchev–Trinajstić information content (AvgIpc) is 3.03. The molecule has 168 valence electrons. The fourth-order valence-electron chi connectivity index (χ4n) is 4.84. The van der Waals surface area contributed by atoms with Gasteiger partial charge in [-0.25, -0.2) is 9.78 Å². The van der Waals surface area contributed by atoms with Gasteiger partial charge in [0.05, 0.1) is 30.2 Å². The fraction of sp³-hybridized carbons (Fsp3) is 0.440. The van der Waals surface area contributed by atoms with Crippen molar-refractivity contribution in [1.82, 2.24) is 19.8 Å². The maximum absolute atomic E-state index is 13.2. The van der Waals surface area contributed by atoms with Gasteiger partial charge in [-0.05, 0) is 67.6 Å². The summed E-state index contributed by atoms with van der Waals surface area (Å²) in [6.45, 7) is 7.17. The molecule has 0 aliphatic carbocycles. The van der Waals surface area contributed by atoms with Crippen LogP contribution in [0, 0.1) is 13.8 Å². The molecule has 3 aromatic rings. The summed E-state index contributed by atoms with van der Waals surface area (Å²) >= 11 is 0. The van der Waals surface area contributed by atoms with Crippen LogP contribution >= 0.6 is 0 Å². The monoisotopic (exact) mass is 434 g/mol. The molecule has 0 bridgehead atoms. The maximum atomic E-state index is 13.2. The number of imidazole rings is 1. The summed E-state index contributed by atoms with van der Waals surface area (Å²) in [4.78, 5) is 24.9. The van der Waals surface area contributed by atoms with Crippen LogP contribution in [0.2, 0.25) is 0 Å². The number of rotatable bonds is 2. The van der Waals surface area contributed by atoms with Crippen LogP contribution in [0.1, 0.15) is 29.8 Å². The van der Waals surface area contributed by atoms with E-state index in [1.54, 1.807) is 7.11 Å². The van der Waals surface area contributed by atoms with Crippen molar-refractivity contribution >= 4 is 17.1 Å². The van der Waals surface area contributed by atoms with Crippen molar-refractivity contribution in [2.24, 2.45) is 0 Å². The molecular formula is C25H30N4O3. The molecule has 0 radical (unpaired) electrons. The SMILES string of the molecule is COC1CCN(C(=O)N2CCOc3c(C)cc(-c4ccc5nc(C)[nH]c5c4)cc3C2)CC1. The van der Waals surface area contributed by atoms with Gasteiger partial charge in [0, 0.05) is 25.8 Å². The first-order chi connectivity index (χ1) is 15.5. The molecule has 7 heteroatoms. The second-order valence-corrected chi connectivity index (χ2v) is 8.81. The van der Waals surface area contributed by atoms with Gasteiger partial charge in [-0.15, -0.1) is 0 Å². The molecule has 1 N–H and O–H groups in total. The third kappa shape index (κ3) is 3.93. The predicted octanol–water partition coefficient (Wildman–Crippen LogP) is 4.27. The van der Waals surface area contributed by atoms with Crippen molar-refractivity contribution in [3.8, 4) is 16.9 Å². The number of hydrogen-bond donors (Lipinski definition) is 1. The third-order valence-corrected chi connectivity index (χ3v) is 6.57. The van der Waals surface area contributed by atoms with E-state index in [1.165, 1.54) is 0 Å². The molecule has 0 saturated carbocycles. The number of aromatic amines is 1. The lowest BCUT2D eigenvalue weighted by Gasteiger charge is -2.34. The number of likely N-dealkylation sites (tertiary alicyclic amines) is 1. The minimum atomic E-state index is 0.0911. The summed E-state index contributed by atoms with van der Waals surface area (Å²) in [5, 5.41) is 0. The molecule has 3 heterocycles. The van der Waals surface area contributed by atoms with Gasteiger partial charge in [0.15, 0.2) is 0 Å². The lowest BCUT2D eigenvalue weighted by Crippen LogP contribution is -2.48. The number of carbonyl (C=O) groups excluding carboxylic acids is 1. The number of nitrogens with one attached hydrogen (secondary N) is 1. The summed E-state index contributed by atoms with van der Waals surface area (Å²) < 4.78 is 11.5. The van der Waals surface area contributed by atoms with Gasteiger partial charge >= 0.3 is 6.03 Å². The van der Waals surface area contributed by atoms with E-state index in [9.17, 15) is 4.79 Å². The molecule has 5 rings (SSSR count). The number of urea groups is 1. The Kier molecular flexibility index (Phi) is 5.51. The zero-order chi connectivity index (χ0) is 22.2. The van der Waals surface area contributed by atoms with Crippen LogP contribution < -0.4 is 4.74 Å². The molecule has 7 nitrogen and oxygen atoms in total. The number of benzene rings is 2. The number of piperidine rings is 1. The first-order valence-electron chi connectivity index (χ1n) is 11.3. The van der Waals surface area contributed by atoms with Gasteiger partial charge in [0.1, 0.15) is 18.2 Å². The molecule has 0 spiro atoms. The molecular weight excluding hydrogens is 404 g/mol.